The number of hydrogen-bond acceptors (Lipinski definition) is 4. The fraction of sp³-hybridized carbons (Fsp3) is 0.500. The van der Waals surface area contributed by atoms with Gasteiger partial charge in [0, 0.05) is 0 Å². The highest BCUT2D eigenvalue weighted by atomic mass is 127. The van der Waals surface area contributed by atoms with Crippen LogP contribution in [0.1, 0.15) is 0 Å². The second-order valence-corrected chi connectivity index (χ2v) is 2.67. The third-order valence-corrected chi connectivity index (χ3v) is 1.12. The van der Waals surface area contributed by atoms with E-state index in [1.54, 1.807) is 0 Å². The van der Waals surface area contributed by atoms with Gasteiger partial charge in [0.2, 0.25) is 0 Å². The van der Waals surface area contributed by atoms with E-state index >= 15 is 0 Å². The van der Waals surface area contributed by atoms with Crippen LogP contribution >= 0.6 is 0 Å². The molecule has 0 rings (SSSR count). The van der Waals surface area contributed by atoms with Gasteiger partial charge in [0.1, 0.15) is 5.84 Å². The SMILES string of the molecule is N=C(N)CO[I+2]([O-])[O-]. The van der Waals surface area contributed by atoms with E-state index < -0.39 is 21.1 Å². The molecule has 0 aliphatic heterocycles. The Morgan fingerprint density at radius 1 is 1.75 bits per heavy atom. The van der Waals surface area contributed by atoms with Gasteiger partial charge < -0.3 is 12.6 Å². The Hall–Kier alpha value is 0.0800. The van der Waals surface area contributed by atoms with Gasteiger partial charge >= 0.3 is 21.1 Å². The third-order valence-electron chi connectivity index (χ3n) is 0.299. The quantitative estimate of drug-likeness (QED) is 0.287. The highest BCUT2D eigenvalue weighted by molar-refractivity contribution is 5.77. The van der Waals surface area contributed by atoms with Gasteiger partial charge in [-0.15, -0.1) is 0 Å². The lowest BCUT2D eigenvalue weighted by Crippen LogP contribution is -3.99. The average molecular weight is 232 g/mol. The summed E-state index contributed by atoms with van der Waals surface area (Å²) < 4.78 is 23.3. The fourth-order valence-electron chi connectivity index (χ4n) is 0.103. The minimum Gasteiger partial charge on any atom is -0.396 e. The fourth-order valence-corrected chi connectivity index (χ4v) is 0.693. The molecule has 0 aliphatic carbocycles. The third kappa shape index (κ3) is 6.08. The maximum absolute atomic E-state index is 9.66. The summed E-state index contributed by atoms with van der Waals surface area (Å²) in [6.07, 6.45) is 0. The molecule has 5 nitrogen and oxygen atoms in total. The molecule has 0 radical (unpaired) electrons. The predicted octanol–water partition coefficient (Wildman–Crippen LogP) is -5.97. The van der Waals surface area contributed by atoms with Crippen LogP contribution < -0.4 is 33.7 Å². The Morgan fingerprint density at radius 2 is 2.25 bits per heavy atom. The Balaban J connectivity index is 3.05. The maximum atomic E-state index is 9.66. The molecule has 0 spiro atoms. The monoisotopic (exact) mass is 232 g/mol. The average Bonchev–Trinajstić information content (AvgIpc) is 1.61. The lowest BCUT2D eigenvalue weighted by Gasteiger charge is -1.88. The highest BCUT2D eigenvalue weighted by Gasteiger charge is 2.10. The van der Waals surface area contributed by atoms with Crippen molar-refractivity contribution in [3.05, 3.63) is 0 Å². The molecule has 48 valence electrons. The van der Waals surface area contributed by atoms with Crippen molar-refractivity contribution in [3.63, 3.8) is 0 Å². The summed E-state index contributed by atoms with van der Waals surface area (Å²) in [6.45, 7) is -0.308. The minimum absolute atomic E-state index is 0.279. The number of hydrogen-bond donors (Lipinski definition) is 2. The zero-order valence-electron chi connectivity index (χ0n) is 3.89. The second-order valence-electron chi connectivity index (χ2n) is 0.968. The summed E-state index contributed by atoms with van der Waals surface area (Å²) in [6, 6.07) is 0. The number of halogens is 1. The summed E-state index contributed by atoms with van der Waals surface area (Å²) >= 11 is -3.59. The lowest BCUT2D eigenvalue weighted by molar-refractivity contribution is -1.63. The van der Waals surface area contributed by atoms with E-state index in [0.29, 0.717) is 0 Å². The van der Waals surface area contributed by atoms with Gasteiger partial charge in [0.05, 0.1) is 0 Å². The van der Waals surface area contributed by atoms with Crippen LogP contribution in [0.25, 0.3) is 0 Å². The molecule has 0 amide bonds. The van der Waals surface area contributed by atoms with Crippen LogP contribution in [0.4, 0.5) is 0 Å². The van der Waals surface area contributed by atoms with Crippen LogP contribution in [-0.4, -0.2) is 12.4 Å². The number of nitrogens with one attached hydrogen (secondary N) is 1. The topological polar surface area (TPSA) is 105 Å². The lowest BCUT2D eigenvalue weighted by atomic mass is 10.7. The van der Waals surface area contributed by atoms with E-state index in [2.05, 4.69) is 3.07 Å². The van der Waals surface area contributed by atoms with Gasteiger partial charge in [-0.05, 0) is 3.07 Å². The largest absolute Gasteiger partial charge is 0.507 e. The van der Waals surface area contributed by atoms with Gasteiger partial charge in [-0.1, -0.05) is 0 Å². The summed E-state index contributed by atoms with van der Waals surface area (Å²) in [7, 11) is 0. The van der Waals surface area contributed by atoms with Crippen molar-refractivity contribution in [2.24, 2.45) is 5.73 Å². The van der Waals surface area contributed by atoms with Crippen LogP contribution in [0.15, 0.2) is 0 Å². The summed E-state index contributed by atoms with van der Waals surface area (Å²) in [5, 5.41) is 6.49. The molecular weight excluding hydrogens is 227 g/mol. The first kappa shape index (κ1) is 8.08. The maximum Gasteiger partial charge on any atom is 0.507 e. The first-order chi connectivity index (χ1) is 3.63. The second kappa shape index (κ2) is 4.01. The summed E-state index contributed by atoms with van der Waals surface area (Å²) in [5.41, 5.74) is 4.75. The summed E-state index contributed by atoms with van der Waals surface area (Å²) in [4.78, 5) is 0. The van der Waals surface area contributed by atoms with Crippen molar-refractivity contribution in [3.8, 4) is 0 Å². The van der Waals surface area contributed by atoms with Gasteiger partial charge in [0.25, 0.3) is 0 Å². The normalized spacial score (nSPS) is 9.88. The van der Waals surface area contributed by atoms with Crippen LogP contribution in [-0.2, 0) is 3.07 Å². The smallest absolute Gasteiger partial charge is 0.396 e. The standard InChI is InChI=1S/C2H5IN2O3/c4-2(5)1-8-3(6)7/h1H2,(H3,4,5). The van der Waals surface area contributed by atoms with Crippen LogP contribution in [0.2, 0.25) is 0 Å². The van der Waals surface area contributed by atoms with E-state index in [1.807, 2.05) is 0 Å². The van der Waals surface area contributed by atoms with E-state index in [4.69, 9.17) is 11.1 Å². The molecule has 0 fully saturated rings. The highest BCUT2D eigenvalue weighted by Crippen LogP contribution is 1.52. The molecular formula is C2H5IN2O3. The molecule has 0 unspecified atom stereocenters. The molecule has 3 N–H and O–H groups in total. The van der Waals surface area contributed by atoms with Gasteiger partial charge in [-0.3, -0.25) is 5.41 Å². The van der Waals surface area contributed by atoms with Crippen molar-refractivity contribution >= 4 is 5.84 Å². The van der Waals surface area contributed by atoms with Crippen LogP contribution in [0.3, 0.4) is 0 Å². The van der Waals surface area contributed by atoms with Crippen molar-refractivity contribution in [2.45, 2.75) is 0 Å². The zero-order chi connectivity index (χ0) is 6.57. The zero-order valence-corrected chi connectivity index (χ0v) is 6.04. The first-order valence-electron chi connectivity index (χ1n) is 1.64. The predicted molar refractivity (Wildman–Crippen MR) is 17.9 cm³/mol. The molecule has 0 aromatic rings. The molecule has 0 heterocycles. The van der Waals surface area contributed by atoms with E-state index in [1.165, 1.54) is 0 Å². The van der Waals surface area contributed by atoms with Crippen LogP contribution in [0.5, 0.6) is 0 Å². The molecule has 0 aromatic carbocycles. The molecule has 0 saturated heterocycles. The Bertz CT molecular complexity index is 85.4. The van der Waals surface area contributed by atoms with Gasteiger partial charge in [0.15, 0.2) is 6.61 Å². The Morgan fingerprint density at radius 3 is 2.38 bits per heavy atom. The Kier molecular flexibility index (Phi) is 4.05. The Labute approximate surface area is 55.0 Å². The van der Waals surface area contributed by atoms with E-state index in [-0.39, 0.29) is 12.4 Å². The van der Waals surface area contributed by atoms with Crippen molar-refractivity contribution in [1.29, 1.82) is 5.41 Å². The van der Waals surface area contributed by atoms with E-state index in [0.717, 1.165) is 0 Å². The first-order valence-corrected chi connectivity index (χ1v) is 4.29. The van der Waals surface area contributed by atoms with Crippen molar-refractivity contribution in [2.75, 3.05) is 6.61 Å². The molecule has 0 aromatic heterocycles. The molecule has 0 aliphatic rings. The summed E-state index contributed by atoms with van der Waals surface area (Å²) in [5.74, 6) is -0.279. The van der Waals surface area contributed by atoms with E-state index in [9.17, 15) is 6.87 Å². The molecule has 6 heteroatoms. The van der Waals surface area contributed by atoms with Gasteiger partial charge in [-0.2, -0.15) is 0 Å². The van der Waals surface area contributed by atoms with Crippen LogP contribution in [0, 0.1) is 5.41 Å². The molecule has 0 saturated carbocycles. The van der Waals surface area contributed by atoms with Crippen molar-refractivity contribution in [1.82, 2.24) is 0 Å². The molecule has 0 atom stereocenters. The number of amidine groups is 1. The van der Waals surface area contributed by atoms with Crippen molar-refractivity contribution < 1.29 is 31.0 Å². The minimum atomic E-state index is -3.59. The van der Waals surface area contributed by atoms with Gasteiger partial charge in [-0.25, -0.2) is 0 Å². The number of rotatable bonds is 3. The molecule has 8 heavy (non-hydrogen) atoms. The number of nitrogens with two attached hydrogens (primary N) is 1. The molecule has 0 bridgehead atoms.